The second-order valence-corrected chi connectivity index (χ2v) is 9.65. The van der Waals surface area contributed by atoms with Crippen LogP contribution in [0.3, 0.4) is 0 Å². The summed E-state index contributed by atoms with van der Waals surface area (Å²) in [5, 5.41) is 5.23. The zero-order chi connectivity index (χ0) is 26.2. The SMILES string of the molecule is CCCCC(C)/C(CC)=c1\c(N2CCNCC2)nc(C2=CC=NCC=C2c2ccccc2F)n\c1=C\N. The highest BCUT2D eigenvalue weighted by Crippen LogP contribution is 2.32. The van der Waals surface area contributed by atoms with Crippen LogP contribution in [0.5, 0.6) is 0 Å². The van der Waals surface area contributed by atoms with Gasteiger partial charge in [0.05, 0.1) is 11.9 Å². The maximum Gasteiger partial charge on any atom is 0.162 e. The van der Waals surface area contributed by atoms with E-state index in [9.17, 15) is 4.39 Å². The van der Waals surface area contributed by atoms with Crippen molar-refractivity contribution in [3.63, 3.8) is 0 Å². The molecule has 0 saturated carbocycles. The summed E-state index contributed by atoms with van der Waals surface area (Å²) < 4.78 is 14.9. The van der Waals surface area contributed by atoms with Crippen molar-refractivity contribution in [3.05, 3.63) is 64.2 Å². The van der Waals surface area contributed by atoms with Gasteiger partial charge in [0.15, 0.2) is 5.82 Å². The van der Waals surface area contributed by atoms with Gasteiger partial charge in [0.25, 0.3) is 0 Å². The van der Waals surface area contributed by atoms with E-state index in [2.05, 4.69) is 36.0 Å². The first-order chi connectivity index (χ1) is 18.1. The average molecular weight is 503 g/mol. The standard InChI is InChI=1S/C30H39FN6/c1-4-6-9-21(3)22(5-2)28-27(20-32)35-29(36-30(28)37-18-16-34-17-19-37)25-13-15-33-14-12-23(25)24-10-7-8-11-26(24)31/h7-8,10-13,15,20-21,34H,4-6,9,14,16-19,32H2,1-3H3/b27-20+,28-22-. The number of piperazine rings is 1. The van der Waals surface area contributed by atoms with Gasteiger partial charge in [-0.3, -0.25) is 4.99 Å². The molecule has 2 aliphatic rings. The molecular weight excluding hydrogens is 463 g/mol. The number of aliphatic imine (C=N–C) groups is 1. The van der Waals surface area contributed by atoms with E-state index in [4.69, 9.17) is 15.7 Å². The van der Waals surface area contributed by atoms with Crippen molar-refractivity contribution in [2.75, 3.05) is 37.6 Å². The number of benzene rings is 1. The molecule has 7 heteroatoms. The molecule has 0 radical (unpaired) electrons. The van der Waals surface area contributed by atoms with Crippen molar-refractivity contribution in [3.8, 4) is 0 Å². The molecule has 1 fully saturated rings. The quantitative estimate of drug-likeness (QED) is 0.576. The molecule has 2 aliphatic heterocycles. The molecule has 0 aliphatic carbocycles. The van der Waals surface area contributed by atoms with Gasteiger partial charge in [-0.1, -0.05) is 63.5 Å². The van der Waals surface area contributed by atoms with Crippen LogP contribution < -0.4 is 26.5 Å². The molecule has 0 amide bonds. The van der Waals surface area contributed by atoms with Gasteiger partial charge in [0.1, 0.15) is 11.6 Å². The number of unbranched alkanes of at least 4 members (excludes halogenated alkanes) is 1. The number of nitrogens with zero attached hydrogens (tertiary/aromatic N) is 4. The van der Waals surface area contributed by atoms with Crippen LogP contribution in [-0.2, 0) is 0 Å². The summed E-state index contributed by atoms with van der Waals surface area (Å²) in [5.41, 5.74) is 9.61. The molecule has 3 N–H and O–H groups in total. The van der Waals surface area contributed by atoms with E-state index in [-0.39, 0.29) is 5.82 Å². The number of halogens is 1. The zero-order valence-electron chi connectivity index (χ0n) is 22.3. The van der Waals surface area contributed by atoms with Crippen LogP contribution in [0.1, 0.15) is 57.8 Å². The molecular formula is C30H39FN6. The number of aromatic nitrogens is 2. The number of rotatable bonds is 8. The minimum Gasteiger partial charge on any atom is -0.403 e. The van der Waals surface area contributed by atoms with Crippen molar-refractivity contribution < 1.29 is 4.39 Å². The third kappa shape index (κ3) is 5.99. The van der Waals surface area contributed by atoms with Gasteiger partial charge in [-0.15, -0.1) is 0 Å². The number of nitrogens with one attached hydrogen (secondary N) is 1. The van der Waals surface area contributed by atoms with E-state index >= 15 is 0 Å². The van der Waals surface area contributed by atoms with Crippen LogP contribution >= 0.6 is 0 Å². The molecule has 4 rings (SSSR count). The second kappa shape index (κ2) is 12.8. The molecule has 0 bridgehead atoms. The Morgan fingerprint density at radius 3 is 2.65 bits per heavy atom. The largest absolute Gasteiger partial charge is 0.403 e. The third-order valence-electron chi connectivity index (χ3n) is 7.22. The number of hydrogen-bond acceptors (Lipinski definition) is 6. The Labute approximate surface area is 219 Å². The Kier molecular flexibility index (Phi) is 9.23. The molecule has 0 spiro atoms. The van der Waals surface area contributed by atoms with E-state index < -0.39 is 0 Å². The highest BCUT2D eigenvalue weighted by molar-refractivity contribution is 6.08. The van der Waals surface area contributed by atoms with Crippen molar-refractivity contribution in [2.45, 2.75) is 46.5 Å². The van der Waals surface area contributed by atoms with E-state index in [0.29, 0.717) is 23.9 Å². The molecule has 37 heavy (non-hydrogen) atoms. The Morgan fingerprint density at radius 1 is 1.16 bits per heavy atom. The summed E-state index contributed by atoms with van der Waals surface area (Å²) >= 11 is 0. The first-order valence-corrected chi connectivity index (χ1v) is 13.5. The lowest BCUT2D eigenvalue weighted by Crippen LogP contribution is -2.49. The predicted molar refractivity (Wildman–Crippen MR) is 153 cm³/mol. The maximum absolute atomic E-state index is 14.9. The van der Waals surface area contributed by atoms with Crippen LogP contribution in [0.15, 0.2) is 41.4 Å². The zero-order valence-corrected chi connectivity index (χ0v) is 22.3. The lowest BCUT2D eigenvalue weighted by molar-refractivity contribution is 0.579. The Morgan fingerprint density at radius 2 is 1.95 bits per heavy atom. The normalized spacial score (nSPS) is 18.3. The molecule has 3 heterocycles. The molecule has 2 aromatic rings. The van der Waals surface area contributed by atoms with Gasteiger partial charge in [0.2, 0.25) is 0 Å². The summed E-state index contributed by atoms with van der Waals surface area (Å²) in [7, 11) is 0. The molecule has 1 atom stereocenters. The highest BCUT2D eigenvalue weighted by Gasteiger charge is 2.23. The van der Waals surface area contributed by atoms with Crippen LogP contribution in [0.25, 0.3) is 22.9 Å². The summed E-state index contributed by atoms with van der Waals surface area (Å²) in [6.07, 6.45) is 11.6. The summed E-state index contributed by atoms with van der Waals surface area (Å²) in [4.78, 5) is 16.9. The minimum absolute atomic E-state index is 0.280. The molecule has 196 valence electrons. The number of allylic oxidation sites excluding steroid dienone is 3. The average Bonchev–Trinajstić information content (AvgIpc) is 3.19. The fourth-order valence-electron chi connectivity index (χ4n) is 5.24. The molecule has 6 nitrogen and oxygen atoms in total. The van der Waals surface area contributed by atoms with Gasteiger partial charge < -0.3 is 16.0 Å². The van der Waals surface area contributed by atoms with Crippen molar-refractivity contribution in [2.24, 2.45) is 16.6 Å². The Hall–Kier alpha value is -3.32. The molecule has 1 unspecified atom stereocenters. The van der Waals surface area contributed by atoms with Gasteiger partial charge in [0, 0.05) is 54.9 Å². The topological polar surface area (TPSA) is 79.4 Å². The van der Waals surface area contributed by atoms with Crippen molar-refractivity contribution >= 4 is 35.0 Å². The van der Waals surface area contributed by atoms with Crippen molar-refractivity contribution in [1.82, 2.24) is 15.3 Å². The first kappa shape index (κ1) is 26.7. The highest BCUT2D eigenvalue weighted by atomic mass is 19.1. The fraction of sp³-hybridized carbons (Fsp3) is 0.433. The predicted octanol–water partition coefficient (Wildman–Crippen LogP) is 3.66. The lowest BCUT2D eigenvalue weighted by Gasteiger charge is -2.30. The monoisotopic (exact) mass is 502 g/mol. The number of anilines is 1. The van der Waals surface area contributed by atoms with Crippen LogP contribution in [0.2, 0.25) is 0 Å². The van der Waals surface area contributed by atoms with E-state index in [1.54, 1.807) is 24.5 Å². The lowest BCUT2D eigenvalue weighted by atomic mass is 9.91. The third-order valence-corrected chi connectivity index (χ3v) is 7.22. The summed E-state index contributed by atoms with van der Waals surface area (Å²) in [5.74, 6) is 1.57. The van der Waals surface area contributed by atoms with Gasteiger partial charge >= 0.3 is 0 Å². The molecule has 1 aromatic heterocycles. The van der Waals surface area contributed by atoms with Gasteiger partial charge in [-0.2, -0.15) is 0 Å². The van der Waals surface area contributed by atoms with Gasteiger partial charge in [-0.05, 0) is 36.5 Å². The van der Waals surface area contributed by atoms with Gasteiger partial charge in [-0.25, -0.2) is 14.4 Å². The van der Waals surface area contributed by atoms with Crippen LogP contribution in [-0.4, -0.2) is 48.9 Å². The van der Waals surface area contributed by atoms with Crippen LogP contribution in [0.4, 0.5) is 10.2 Å². The van der Waals surface area contributed by atoms with Crippen molar-refractivity contribution in [1.29, 1.82) is 0 Å². The molecule has 1 aromatic carbocycles. The minimum atomic E-state index is -0.280. The Bertz CT molecular complexity index is 1300. The smallest absolute Gasteiger partial charge is 0.162 e. The first-order valence-electron chi connectivity index (χ1n) is 13.5. The number of nitrogens with two attached hydrogens (primary N) is 1. The second-order valence-electron chi connectivity index (χ2n) is 9.65. The van der Waals surface area contributed by atoms with Crippen LogP contribution in [0, 0.1) is 11.7 Å². The summed E-state index contributed by atoms with van der Waals surface area (Å²) in [6.45, 7) is 10.7. The fourth-order valence-corrected chi connectivity index (χ4v) is 5.24. The Balaban J connectivity index is 1.97. The molecule has 1 saturated heterocycles. The summed E-state index contributed by atoms with van der Waals surface area (Å²) in [6, 6.07) is 6.82. The number of hydrogen-bond donors (Lipinski definition) is 2. The maximum atomic E-state index is 14.9. The van der Waals surface area contributed by atoms with E-state index in [0.717, 1.165) is 73.0 Å². The van der Waals surface area contributed by atoms with E-state index in [1.807, 2.05) is 18.2 Å². The van der Waals surface area contributed by atoms with E-state index in [1.165, 1.54) is 18.1 Å².